The lowest BCUT2D eigenvalue weighted by molar-refractivity contribution is -0.0128. The molecule has 2 aromatic carbocycles. The summed E-state index contributed by atoms with van der Waals surface area (Å²) in [6.07, 6.45) is 1.54. The van der Waals surface area contributed by atoms with E-state index in [1.165, 1.54) is 11.1 Å². The number of ether oxygens (including phenoxy) is 1. The number of rotatable bonds is 1. The standard InChI is InChI=1S/C21H24N2O2S/c1-13-6-4-5-7-15(13)17-11-21(12-20(2,3)22-19(26)23-21)25-18-10-14(24)8-9-16(17)18/h4-10,17,24H,11-12H2,1-3H3,(H2,22,23,26). The van der Waals surface area contributed by atoms with E-state index in [4.69, 9.17) is 17.0 Å². The molecule has 4 nitrogen and oxygen atoms in total. The molecule has 2 aromatic rings. The fraction of sp³-hybridized carbons (Fsp3) is 0.381. The third-order valence-electron chi connectivity index (χ3n) is 5.30. The SMILES string of the molecule is Cc1ccccc1C1CC2(CC(C)(C)NC(=S)N2)Oc2cc(O)ccc21. The topological polar surface area (TPSA) is 53.5 Å². The molecule has 3 N–H and O–H groups in total. The number of aromatic hydroxyl groups is 1. The summed E-state index contributed by atoms with van der Waals surface area (Å²) >= 11 is 5.46. The minimum atomic E-state index is -0.598. The number of phenolic OH excluding ortho intramolecular Hbond substituents is 1. The van der Waals surface area contributed by atoms with Gasteiger partial charge in [0.1, 0.15) is 11.5 Å². The third-order valence-corrected chi connectivity index (χ3v) is 5.50. The van der Waals surface area contributed by atoms with Crippen molar-refractivity contribution in [2.45, 2.75) is 50.8 Å². The van der Waals surface area contributed by atoms with Crippen molar-refractivity contribution in [3.05, 3.63) is 59.2 Å². The average molecular weight is 369 g/mol. The van der Waals surface area contributed by atoms with Crippen LogP contribution in [0.25, 0.3) is 0 Å². The van der Waals surface area contributed by atoms with Crippen LogP contribution in [0.3, 0.4) is 0 Å². The Hall–Kier alpha value is -2.27. The summed E-state index contributed by atoms with van der Waals surface area (Å²) in [5.74, 6) is 1.10. The molecule has 26 heavy (non-hydrogen) atoms. The summed E-state index contributed by atoms with van der Waals surface area (Å²) < 4.78 is 6.44. The van der Waals surface area contributed by atoms with Crippen LogP contribution in [-0.2, 0) is 0 Å². The number of hydrogen-bond donors (Lipinski definition) is 3. The Balaban J connectivity index is 1.84. The fourth-order valence-corrected chi connectivity index (χ4v) is 4.84. The molecule has 2 atom stereocenters. The van der Waals surface area contributed by atoms with Gasteiger partial charge in [-0.05, 0) is 50.2 Å². The van der Waals surface area contributed by atoms with Gasteiger partial charge in [0, 0.05) is 35.9 Å². The summed E-state index contributed by atoms with van der Waals surface area (Å²) in [4.78, 5) is 0. The molecule has 0 aromatic heterocycles. The first-order valence-corrected chi connectivity index (χ1v) is 9.36. The molecule has 136 valence electrons. The Morgan fingerprint density at radius 1 is 1.12 bits per heavy atom. The first-order chi connectivity index (χ1) is 12.3. The number of benzene rings is 2. The number of aryl methyl sites for hydroxylation is 1. The number of phenols is 1. The normalized spacial score (nSPS) is 26.4. The summed E-state index contributed by atoms with van der Waals surface area (Å²) in [6, 6.07) is 13.9. The quantitative estimate of drug-likeness (QED) is 0.665. The van der Waals surface area contributed by atoms with Gasteiger partial charge in [-0.15, -0.1) is 0 Å². The summed E-state index contributed by atoms with van der Waals surface area (Å²) in [5, 5.41) is 17.3. The molecule has 5 heteroatoms. The maximum absolute atomic E-state index is 10.0. The van der Waals surface area contributed by atoms with E-state index in [9.17, 15) is 5.11 Å². The molecule has 0 radical (unpaired) electrons. The van der Waals surface area contributed by atoms with Gasteiger partial charge in [-0.1, -0.05) is 30.3 Å². The van der Waals surface area contributed by atoms with Crippen molar-refractivity contribution < 1.29 is 9.84 Å². The molecule has 2 unspecified atom stereocenters. The highest BCUT2D eigenvalue weighted by Crippen LogP contribution is 2.48. The molecule has 2 aliphatic rings. The Bertz CT molecular complexity index is 880. The Morgan fingerprint density at radius 3 is 2.62 bits per heavy atom. The van der Waals surface area contributed by atoms with E-state index in [-0.39, 0.29) is 17.2 Å². The molecule has 1 fully saturated rings. The number of fused-ring (bicyclic) bond motifs is 1. The fourth-order valence-electron chi connectivity index (χ4n) is 4.38. The molecular weight excluding hydrogens is 344 g/mol. The number of hydrogen-bond acceptors (Lipinski definition) is 3. The highest BCUT2D eigenvalue weighted by atomic mass is 32.1. The minimum Gasteiger partial charge on any atom is -0.508 e. The van der Waals surface area contributed by atoms with Gasteiger partial charge in [0.2, 0.25) is 0 Å². The molecule has 0 amide bonds. The van der Waals surface area contributed by atoms with Crippen molar-refractivity contribution in [1.82, 2.24) is 10.6 Å². The van der Waals surface area contributed by atoms with E-state index in [1.54, 1.807) is 12.1 Å². The van der Waals surface area contributed by atoms with E-state index in [1.807, 2.05) is 6.07 Å². The zero-order valence-electron chi connectivity index (χ0n) is 15.3. The smallest absolute Gasteiger partial charge is 0.185 e. The number of thiocarbonyl (C=S) groups is 1. The zero-order valence-corrected chi connectivity index (χ0v) is 16.1. The Morgan fingerprint density at radius 2 is 1.88 bits per heavy atom. The number of nitrogens with one attached hydrogen (secondary N) is 2. The Labute approximate surface area is 159 Å². The average Bonchev–Trinajstić information content (AvgIpc) is 2.52. The molecule has 0 aliphatic carbocycles. The van der Waals surface area contributed by atoms with Crippen molar-refractivity contribution >= 4 is 17.3 Å². The van der Waals surface area contributed by atoms with Crippen LogP contribution in [0.15, 0.2) is 42.5 Å². The monoisotopic (exact) mass is 368 g/mol. The van der Waals surface area contributed by atoms with Gasteiger partial charge in [0.05, 0.1) is 0 Å². The lowest BCUT2D eigenvalue weighted by Gasteiger charge is -2.50. The van der Waals surface area contributed by atoms with Crippen LogP contribution < -0.4 is 15.4 Å². The van der Waals surface area contributed by atoms with E-state index >= 15 is 0 Å². The van der Waals surface area contributed by atoms with Crippen molar-refractivity contribution in [1.29, 1.82) is 0 Å². The van der Waals surface area contributed by atoms with Crippen molar-refractivity contribution in [3.63, 3.8) is 0 Å². The second-order valence-electron chi connectivity index (χ2n) is 8.07. The van der Waals surface area contributed by atoms with Gasteiger partial charge in [-0.3, -0.25) is 0 Å². The van der Waals surface area contributed by atoms with Crippen LogP contribution in [0.4, 0.5) is 0 Å². The van der Waals surface area contributed by atoms with Gasteiger partial charge in [0.25, 0.3) is 0 Å². The first kappa shape index (κ1) is 17.2. The molecule has 1 saturated heterocycles. The largest absolute Gasteiger partial charge is 0.508 e. The van der Waals surface area contributed by atoms with Gasteiger partial charge >= 0.3 is 0 Å². The molecule has 1 spiro atoms. The van der Waals surface area contributed by atoms with Crippen LogP contribution in [0, 0.1) is 6.92 Å². The molecule has 0 saturated carbocycles. The van der Waals surface area contributed by atoms with E-state index in [0.717, 1.165) is 24.2 Å². The third kappa shape index (κ3) is 3.01. The predicted molar refractivity (Wildman–Crippen MR) is 107 cm³/mol. The van der Waals surface area contributed by atoms with Crippen molar-refractivity contribution in [3.8, 4) is 11.5 Å². The second kappa shape index (κ2) is 5.88. The first-order valence-electron chi connectivity index (χ1n) is 8.95. The van der Waals surface area contributed by atoms with E-state index < -0.39 is 5.72 Å². The second-order valence-corrected chi connectivity index (χ2v) is 8.48. The Kier molecular flexibility index (Phi) is 3.88. The highest BCUT2D eigenvalue weighted by Gasteiger charge is 2.48. The zero-order chi connectivity index (χ0) is 18.5. The van der Waals surface area contributed by atoms with E-state index in [2.05, 4.69) is 55.7 Å². The van der Waals surface area contributed by atoms with E-state index in [0.29, 0.717) is 5.11 Å². The lowest BCUT2D eigenvalue weighted by Crippen LogP contribution is -2.69. The minimum absolute atomic E-state index is 0.171. The van der Waals surface area contributed by atoms with Crippen LogP contribution in [-0.4, -0.2) is 21.5 Å². The van der Waals surface area contributed by atoms with Gasteiger partial charge in [0.15, 0.2) is 10.8 Å². The summed E-state index contributed by atoms with van der Waals surface area (Å²) in [5.41, 5.74) is 2.87. The molecule has 0 bridgehead atoms. The maximum Gasteiger partial charge on any atom is 0.185 e. The summed E-state index contributed by atoms with van der Waals surface area (Å²) in [7, 11) is 0. The highest BCUT2D eigenvalue weighted by molar-refractivity contribution is 7.80. The summed E-state index contributed by atoms with van der Waals surface area (Å²) in [6.45, 7) is 6.40. The van der Waals surface area contributed by atoms with Crippen molar-refractivity contribution in [2.24, 2.45) is 0 Å². The maximum atomic E-state index is 10.0. The van der Waals surface area contributed by atoms with Gasteiger partial charge in [-0.2, -0.15) is 0 Å². The molecular formula is C21H24N2O2S. The van der Waals surface area contributed by atoms with Crippen LogP contribution in [0.5, 0.6) is 11.5 Å². The molecule has 4 rings (SSSR count). The van der Waals surface area contributed by atoms with Crippen LogP contribution in [0.1, 0.15) is 49.3 Å². The molecule has 2 aliphatic heterocycles. The lowest BCUT2D eigenvalue weighted by atomic mass is 9.76. The predicted octanol–water partition coefficient (Wildman–Crippen LogP) is 3.96. The van der Waals surface area contributed by atoms with Crippen LogP contribution >= 0.6 is 12.2 Å². The van der Waals surface area contributed by atoms with Gasteiger partial charge in [-0.25, -0.2) is 0 Å². The van der Waals surface area contributed by atoms with Gasteiger partial charge < -0.3 is 20.5 Å². The van der Waals surface area contributed by atoms with Crippen molar-refractivity contribution in [2.75, 3.05) is 0 Å². The van der Waals surface area contributed by atoms with Crippen LogP contribution in [0.2, 0.25) is 0 Å². The molecule has 2 heterocycles.